The molecular formula is C50H73BN4O9. The third-order valence-electron chi connectivity index (χ3n) is 14.5. The largest absolute Gasteiger partial charge is 0.461 e. The normalized spacial score (nSPS) is 23.6. The van der Waals surface area contributed by atoms with Crippen molar-refractivity contribution < 1.29 is 43.2 Å². The van der Waals surface area contributed by atoms with E-state index in [-0.39, 0.29) is 48.8 Å². The Morgan fingerprint density at radius 1 is 0.812 bits per heavy atom. The lowest BCUT2D eigenvalue weighted by molar-refractivity contribution is -0.199. The van der Waals surface area contributed by atoms with Gasteiger partial charge >= 0.3 is 7.12 Å². The fourth-order valence-corrected chi connectivity index (χ4v) is 10.2. The maximum absolute atomic E-state index is 13.8. The van der Waals surface area contributed by atoms with Crippen molar-refractivity contribution in [2.75, 3.05) is 6.54 Å². The number of carbonyl (C=O) groups is 6. The number of ketones is 3. The van der Waals surface area contributed by atoms with Crippen LogP contribution in [-0.4, -0.2) is 83.7 Å². The standard InChI is InChI=1S/C50H73BN4O9/c1-8-9-12-33-14-18-35(19-15-33)36-20-16-34(17-21-36)25-39(57)26-37(13-10-11-22-52)48(62)55-46(32(4)56)42(59)23-30(2)47(61)54-40(29-45(53)60)41(58)24-31(3)51-63-44-28-38-27-43(49(38,5)6)50(44,7)64-51/h14-21,30-32,37-38,40,43-44,46,56H,8-13,22-29,52H2,1-7H3,(H2,53,60)(H,54,61)(H,55,62)/t30-,31-,32-,37-,38+,40+,43+,44?,46+,50+/m1/s1. The van der Waals surface area contributed by atoms with Gasteiger partial charge in [0, 0.05) is 37.5 Å². The monoisotopic (exact) mass is 885 g/mol. The molecule has 2 aromatic rings. The molecule has 64 heavy (non-hydrogen) atoms. The number of hydrogen-bond acceptors (Lipinski definition) is 10. The van der Waals surface area contributed by atoms with Crippen LogP contribution < -0.4 is 22.1 Å². The Kier molecular flexibility index (Phi) is 17.7. The molecule has 0 spiro atoms. The molecule has 4 aliphatic rings. The van der Waals surface area contributed by atoms with Crippen molar-refractivity contribution >= 4 is 42.2 Å². The van der Waals surface area contributed by atoms with Crippen LogP contribution in [0.15, 0.2) is 48.5 Å². The third-order valence-corrected chi connectivity index (χ3v) is 14.5. The first-order valence-electron chi connectivity index (χ1n) is 23.6. The average Bonchev–Trinajstić information content (AvgIpc) is 3.62. The van der Waals surface area contributed by atoms with Crippen molar-refractivity contribution in [2.24, 2.45) is 40.6 Å². The molecule has 7 N–H and O–H groups in total. The Bertz CT molecular complexity index is 1960. The molecule has 14 heteroatoms. The van der Waals surface area contributed by atoms with Gasteiger partial charge in [-0.2, -0.15) is 0 Å². The van der Waals surface area contributed by atoms with E-state index in [0.29, 0.717) is 37.6 Å². The van der Waals surface area contributed by atoms with Crippen LogP contribution in [0.3, 0.4) is 0 Å². The number of nitrogens with two attached hydrogens (primary N) is 2. The molecule has 3 saturated carbocycles. The molecular weight excluding hydrogens is 811 g/mol. The smallest absolute Gasteiger partial charge is 0.405 e. The number of Topliss-reactive ketones (excluding diaryl/α,β-unsaturated/α-hetero) is 3. The van der Waals surface area contributed by atoms with Crippen LogP contribution in [-0.2, 0) is 50.9 Å². The average molecular weight is 885 g/mol. The second-order valence-corrected chi connectivity index (χ2v) is 19.9. The Balaban J connectivity index is 1.14. The molecule has 3 amide bonds. The van der Waals surface area contributed by atoms with Crippen molar-refractivity contribution in [3.05, 3.63) is 59.7 Å². The lowest BCUT2D eigenvalue weighted by Gasteiger charge is -2.64. The highest BCUT2D eigenvalue weighted by molar-refractivity contribution is 6.47. The highest BCUT2D eigenvalue weighted by atomic mass is 16.7. The molecule has 0 aromatic heterocycles. The van der Waals surface area contributed by atoms with Crippen LogP contribution >= 0.6 is 0 Å². The van der Waals surface area contributed by atoms with E-state index in [9.17, 15) is 33.9 Å². The summed E-state index contributed by atoms with van der Waals surface area (Å²) in [6.45, 7) is 13.9. The molecule has 0 radical (unpaired) electrons. The SMILES string of the molecule is CCCCc1ccc(-c2ccc(CC(=O)C[C@@H](CCCCN)C(=O)N[C@H](C(=O)C[C@@H](C)C(=O)N[C@@H](CC(N)=O)C(=O)C[C@@H](C)B3OC4C[C@@H]5C[C@@H](C5(C)C)[C@]4(C)O3)[C@@H](C)O)cc2)cc1. The van der Waals surface area contributed by atoms with E-state index in [1.807, 2.05) is 31.2 Å². The molecule has 2 bridgehead atoms. The summed E-state index contributed by atoms with van der Waals surface area (Å²) < 4.78 is 12.9. The number of amides is 3. The zero-order chi connectivity index (χ0) is 46.9. The first-order valence-corrected chi connectivity index (χ1v) is 23.6. The predicted octanol–water partition coefficient (Wildman–Crippen LogP) is 5.84. The summed E-state index contributed by atoms with van der Waals surface area (Å²) in [7, 11) is -0.622. The van der Waals surface area contributed by atoms with Gasteiger partial charge in [0.05, 0.1) is 30.3 Å². The molecule has 1 aliphatic heterocycles. The van der Waals surface area contributed by atoms with Gasteiger partial charge in [-0.05, 0) is 104 Å². The quantitative estimate of drug-likeness (QED) is 0.0562. The number of aliphatic hydroxyl groups excluding tert-OH is 1. The highest BCUT2D eigenvalue weighted by Crippen LogP contribution is 2.66. The molecule has 1 unspecified atom stereocenters. The first-order chi connectivity index (χ1) is 30.3. The van der Waals surface area contributed by atoms with Crippen molar-refractivity contribution in [1.82, 2.24) is 10.6 Å². The second-order valence-electron chi connectivity index (χ2n) is 19.9. The minimum Gasteiger partial charge on any atom is -0.405 e. The topological polar surface area (TPSA) is 217 Å². The number of benzene rings is 2. The molecule has 13 nitrogen and oxygen atoms in total. The van der Waals surface area contributed by atoms with Crippen LogP contribution in [0.1, 0.15) is 130 Å². The third kappa shape index (κ3) is 12.6. The molecule has 6 rings (SSSR count). The molecule has 350 valence electrons. The molecule has 2 aromatic carbocycles. The summed E-state index contributed by atoms with van der Waals surface area (Å²) in [4.78, 5) is 80.0. The lowest BCUT2D eigenvalue weighted by atomic mass is 9.43. The lowest BCUT2D eigenvalue weighted by Crippen LogP contribution is -2.65. The number of aliphatic hydroxyl groups is 1. The van der Waals surface area contributed by atoms with Crippen molar-refractivity contribution in [3.63, 3.8) is 0 Å². The zero-order valence-corrected chi connectivity index (χ0v) is 39.2. The minimum atomic E-state index is -1.36. The number of carbonyl (C=O) groups excluding carboxylic acids is 6. The number of aryl methyl sites for hydroxylation is 1. The van der Waals surface area contributed by atoms with Crippen LogP contribution in [0.5, 0.6) is 0 Å². The summed E-state index contributed by atoms with van der Waals surface area (Å²) in [5, 5.41) is 16.0. The number of rotatable bonds is 26. The molecule has 10 atom stereocenters. The number of unbranched alkanes of at least 4 members (excludes halogenated alkanes) is 2. The predicted molar refractivity (Wildman–Crippen MR) is 248 cm³/mol. The summed E-state index contributed by atoms with van der Waals surface area (Å²) in [5.41, 5.74) is 15.2. The van der Waals surface area contributed by atoms with Gasteiger partial charge in [-0.15, -0.1) is 0 Å². The van der Waals surface area contributed by atoms with Crippen LogP contribution in [0.2, 0.25) is 5.82 Å². The van der Waals surface area contributed by atoms with Crippen LogP contribution in [0.4, 0.5) is 0 Å². The maximum atomic E-state index is 13.8. The van der Waals surface area contributed by atoms with Gasteiger partial charge in [0.1, 0.15) is 11.8 Å². The van der Waals surface area contributed by atoms with Gasteiger partial charge in [0.15, 0.2) is 11.6 Å². The van der Waals surface area contributed by atoms with Crippen molar-refractivity contribution in [2.45, 2.75) is 168 Å². The van der Waals surface area contributed by atoms with Gasteiger partial charge in [-0.1, -0.05) is 96.0 Å². The van der Waals surface area contributed by atoms with Gasteiger partial charge in [0.25, 0.3) is 0 Å². The van der Waals surface area contributed by atoms with E-state index >= 15 is 0 Å². The number of primary amides is 1. The van der Waals surface area contributed by atoms with E-state index < -0.39 is 78.5 Å². The Morgan fingerprint density at radius 2 is 1.45 bits per heavy atom. The van der Waals surface area contributed by atoms with E-state index in [2.05, 4.69) is 62.6 Å². The summed E-state index contributed by atoms with van der Waals surface area (Å²) >= 11 is 0. The minimum absolute atomic E-state index is 0.0396. The van der Waals surface area contributed by atoms with E-state index in [0.717, 1.165) is 48.8 Å². The maximum Gasteiger partial charge on any atom is 0.461 e. The summed E-state index contributed by atoms with van der Waals surface area (Å²) in [5.74, 6) is -4.39. The fourth-order valence-electron chi connectivity index (χ4n) is 10.2. The summed E-state index contributed by atoms with van der Waals surface area (Å²) in [6, 6.07) is 13.7. The zero-order valence-electron chi connectivity index (χ0n) is 39.2. The highest BCUT2D eigenvalue weighted by Gasteiger charge is 2.68. The summed E-state index contributed by atoms with van der Waals surface area (Å²) in [6.07, 6.45) is 4.74. The van der Waals surface area contributed by atoms with Gasteiger partial charge in [-0.25, -0.2) is 0 Å². The molecule has 1 heterocycles. The Labute approximate surface area is 380 Å². The van der Waals surface area contributed by atoms with Gasteiger partial charge in [0.2, 0.25) is 17.7 Å². The fraction of sp³-hybridized carbons (Fsp3) is 0.640. The Morgan fingerprint density at radius 3 is 2.03 bits per heavy atom. The number of hydrogen-bond donors (Lipinski definition) is 5. The van der Waals surface area contributed by atoms with E-state index in [1.54, 1.807) is 0 Å². The molecule has 4 fully saturated rings. The van der Waals surface area contributed by atoms with Gasteiger partial charge < -0.3 is 36.5 Å². The van der Waals surface area contributed by atoms with E-state index in [4.69, 9.17) is 20.8 Å². The second kappa shape index (κ2) is 22.3. The molecule has 3 aliphatic carbocycles. The van der Waals surface area contributed by atoms with Crippen molar-refractivity contribution in [3.8, 4) is 11.1 Å². The van der Waals surface area contributed by atoms with Crippen molar-refractivity contribution in [1.29, 1.82) is 0 Å². The van der Waals surface area contributed by atoms with E-state index in [1.165, 1.54) is 19.4 Å². The molecule has 1 saturated heterocycles. The number of nitrogens with one attached hydrogen (secondary N) is 2. The first kappa shape index (κ1) is 50.8. The van der Waals surface area contributed by atoms with Gasteiger partial charge in [-0.3, -0.25) is 28.8 Å². The van der Waals surface area contributed by atoms with Crippen LogP contribution in [0.25, 0.3) is 11.1 Å². The Hall–Kier alpha value is -4.24. The van der Waals surface area contributed by atoms with Crippen LogP contribution in [0, 0.1) is 29.1 Å².